The molecule has 3 rings (SSSR count). The minimum atomic E-state index is 0.0530. The third kappa shape index (κ3) is 2.06. The van der Waals surface area contributed by atoms with Crippen LogP contribution < -0.4 is 5.32 Å². The second kappa shape index (κ2) is 4.57. The van der Waals surface area contributed by atoms with Crippen molar-refractivity contribution in [3.63, 3.8) is 0 Å². The van der Waals surface area contributed by atoms with Crippen LogP contribution in [0.4, 0.5) is 5.69 Å². The van der Waals surface area contributed by atoms with Crippen molar-refractivity contribution in [2.24, 2.45) is 5.92 Å². The normalized spacial score (nSPS) is 18.4. The Morgan fingerprint density at radius 2 is 2.50 bits per heavy atom. The summed E-state index contributed by atoms with van der Waals surface area (Å²) in [5.41, 5.74) is 3.18. The Labute approximate surface area is 109 Å². The van der Waals surface area contributed by atoms with Gasteiger partial charge in [-0.2, -0.15) is 0 Å². The van der Waals surface area contributed by atoms with Gasteiger partial charge in [0, 0.05) is 22.9 Å². The largest absolute Gasteiger partial charge is 0.348 e. The van der Waals surface area contributed by atoms with E-state index in [-0.39, 0.29) is 11.8 Å². The van der Waals surface area contributed by atoms with Gasteiger partial charge in [0.15, 0.2) is 0 Å². The minimum absolute atomic E-state index is 0.0530. The van der Waals surface area contributed by atoms with Crippen LogP contribution in [0.25, 0.3) is 0 Å². The first-order valence-electron chi connectivity index (χ1n) is 6.10. The Morgan fingerprint density at radius 1 is 1.61 bits per heavy atom. The van der Waals surface area contributed by atoms with Gasteiger partial charge in [0.05, 0.1) is 17.7 Å². The summed E-state index contributed by atoms with van der Waals surface area (Å²) in [7, 11) is 0. The Hall–Kier alpha value is -1.62. The van der Waals surface area contributed by atoms with E-state index in [0.29, 0.717) is 0 Å². The molecule has 5 heteroatoms. The molecule has 0 fully saturated rings. The number of thiophene rings is 1. The first-order chi connectivity index (χ1) is 8.74. The molecule has 0 bridgehead atoms. The number of fused-ring (bicyclic) bond motifs is 1. The average Bonchev–Trinajstić information content (AvgIpc) is 2.98. The molecule has 0 aliphatic heterocycles. The average molecular weight is 261 g/mol. The van der Waals surface area contributed by atoms with Crippen LogP contribution in [0, 0.1) is 12.8 Å². The number of carbonyl (C=O) groups is 1. The van der Waals surface area contributed by atoms with Gasteiger partial charge in [0.1, 0.15) is 0 Å². The van der Waals surface area contributed by atoms with Gasteiger partial charge in [0.2, 0.25) is 5.91 Å². The fourth-order valence-electron chi connectivity index (χ4n) is 2.37. The highest BCUT2D eigenvalue weighted by molar-refractivity contribution is 7.10. The fourth-order valence-corrected chi connectivity index (χ4v) is 3.03. The summed E-state index contributed by atoms with van der Waals surface area (Å²) in [6.07, 6.45) is 4.25. The van der Waals surface area contributed by atoms with E-state index in [1.165, 1.54) is 0 Å². The standard InChI is InChI=1S/C13H15N3OS/c1-8-10(4-5-18-8)16-13(17)9-2-3-11-12(6-9)15-7-14-11/h4-5,7,9H,2-3,6H2,1H3,(H,14,15)(H,16,17). The Bertz CT molecular complexity index is 572. The molecule has 94 valence electrons. The maximum absolute atomic E-state index is 12.2. The number of imidazole rings is 1. The lowest BCUT2D eigenvalue weighted by atomic mass is 9.89. The molecule has 2 aromatic heterocycles. The highest BCUT2D eigenvalue weighted by Gasteiger charge is 2.26. The van der Waals surface area contributed by atoms with Crippen molar-refractivity contribution in [2.45, 2.75) is 26.2 Å². The van der Waals surface area contributed by atoms with Gasteiger partial charge in [-0.3, -0.25) is 4.79 Å². The molecule has 1 unspecified atom stereocenters. The van der Waals surface area contributed by atoms with E-state index in [1.54, 1.807) is 17.7 Å². The van der Waals surface area contributed by atoms with E-state index in [2.05, 4.69) is 15.3 Å². The molecular formula is C13H15N3OS. The molecule has 1 aliphatic rings. The molecule has 1 aliphatic carbocycles. The molecule has 0 saturated carbocycles. The van der Waals surface area contributed by atoms with Crippen LogP contribution in [-0.4, -0.2) is 15.9 Å². The van der Waals surface area contributed by atoms with Gasteiger partial charge in [-0.25, -0.2) is 4.98 Å². The third-order valence-corrected chi connectivity index (χ3v) is 4.32. The highest BCUT2D eigenvalue weighted by Crippen LogP contribution is 2.26. The molecule has 1 atom stereocenters. The Balaban J connectivity index is 1.70. The summed E-state index contributed by atoms with van der Waals surface area (Å²) in [5, 5.41) is 5.02. The van der Waals surface area contributed by atoms with E-state index >= 15 is 0 Å². The summed E-state index contributed by atoms with van der Waals surface area (Å²) in [4.78, 5) is 20.7. The van der Waals surface area contributed by atoms with Gasteiger partial charge < -0.3 is 10.3 Å². The minimum Gasteiger partial charge on any atom is -0.348 e. The van der Waals surface area contributed by atoms with Crippen molar-refractivity contribution in [3.05, 3.63) is 34.0 Å². The lowest BCUT2D eigenvalue weighted by Gasteiger charge is -2.20. The number of nitrogens with one attached hydrogen (secondary N) is 2. The maximum Gasteiger partial charge on any atom is 0.227 e. The van der Waals surface area contributed by atoms with Crippen LogP contribution in [0.1, 0.15) is 22.7 Å². The number of hydrogen-bond donors (Lipinski definition) is 2. The van der Waals surface area contributed by atoms with Crippen molar-refractivity contribution in [1.29, 1.82) is 0 Å². The van der Waals surface area contributed by atoms with Crippen LogP contribution in [-0.2, 0) is 17.6 Å². The van der Waals surface area contributed by atoms with E-state index in [0.717, 1.165) is 41.2 Å². The van der Waals surface area contributed by atoms with Crippen LogP contribution in [0.5, 0.6) is 0 Å². The number of rotatable bonds is 2. The first kappa shape index (κ1) is 11.5. The molecule has 4 nitrogen and oxygen atoms in total. The lowest BCUT2D eigenvalue weighted by molar-refractivity contribution is -0.120. The topological polar surface area (TPSA) is 57.8 Å². The van der Waals surface area contributed by atoms with E-state index < -0.39 is 0 Å². The summed E-state index contributed by atoms with van der Waals surface area (Å²) < 4.78 is 0. The number of aromatic amines is 1. The molecular weight excluding hydrogens is 246 g/mol. The number of aryl methyl sites for hydroxylation is 2. The molecule has 2 aromatic rings. The third-order valence-electron chi connectivity index (χ3n) is 3.48. The molecule has 1 amide bonds. The number of nitrogens with zero attached hydrogens (tertiary/aromatic N) is 1. The zero-order chi connectivity index (χ0) is 12.5. The van der Waals surface area contributed by atoms with Crippen LogP contribution >= 0.6 is 11.3 Å². The zero-order valence-electron chi connectivity index (χ0n) is 10.2. The first-order valence-corrected chi connectivity index (χ1v) is 6.98. The highest BCUT2D eigenvalue weighted by atomic mass is 32.1. The molecule has 0 spiro atoms. The predicted octanol–water partition coefficient (Wildman–Crippen LogP) is 2.52. The number of hydrogen-bond acceptors (Lipinski definition) is 3. The van der Waals surface area contributed by atoms with Gasteiger partial charge in [-0.05, 0) is 31.2 Å². The number of carbonyl (C=O) groups excluding carboxylic acids is 1. The van der Waals surface area contributed by atoms with Crippen molar-refractivity contribution in [3.8, 4) is 0 Å². The smallest absolute Gasteiger partial charge is 0.227 e. The molecule has 2 heterocycles. The fraction of sp³-hybridized carbons (Fsp3) is 0.385. The second-order valence-electron chi connectivity index (χ2n) is 4.65. The number of aromatic nitrogens is 2. The summed E-state index contributed by atoms with van der Waals surface area (Å²) in [5.74, 6) is 0.175. The molecule has 0 radical (unpaired) electrons. The van der Waals surface area contributed by atoms with Crippen molar-refractivity contribution in [2.75, 3.05) is 5.32 Å². The van der Waals surface area contributed by atoms with Gasteiger partial charge >= 0.3 is 0 Å². The molecule has 0 saturated heterocycles. The summed E-state index contributed by atoms with van der Waals surface area (Å²) >= 11 is 1.65. The monoisotopic (exact) mass is 261 g/mol. The van der Waals surface area contributed by atoms with Crippen molar-refractivity contribution in [1.82, 2.24) is 9.97 Å². The molecule has 0 aromatic carbocycles. The second-order valence-corrected chi connectivity index (χ2v) is 5.77. The number of anilines is 1. The van der Waals surface area contributed by atoms with E-state index in [1.807, 2.05) is 18.4 Å². The number of amides is 1. The summed E-state index contributed by atoms with van der Waals surface area (Å²) in [6.45, 7) is 2.02. The van der Waals surface area contributed by atoms with E-state index in [4.69, 9.17) is 0 Å². The van der Waals surface area contributed by atoms with Gasteiger partial charge in [-0.15, -0.1) is 11.3 Å². The van der Waals surface area contributed by atoms with E-state index in [9.17, 15) is 4.79 Å². The van der Waals surface area contributed by atoms with Crippen LogP contribution in [0.2, 0.25) is 0 Å². The quantitative estimate of drug-likeness (QED) is 0.872. The number of H-pyrrole nitrogens is 1. The zero-order valence-corrected chi connectivity index (χ0v) is 11.0. The SMILES string of the molecule is Cc1sccc1NC(=O)C1CCc2nc[nH]c2C1. The Kier molecular flexibility index (Phi) is 2.91. The van der Waals surface area contributed by atoms with Gasteiger partial charge in [0.25, 0.3) is 0 Å². The molecule has 18 heavy (non-hydrogen) atoms. The van der Waals surface area contributed by atoms with Crippen molar-refractivity contribution >= 4 is 22.9 Å². The Morgan fingerprint density at radius 3 is 3.28 bits per heavy atom. The lowest BCUT2D eigenvalue weighted by Crippen LogP contribution is -2.28. The van der Waals surface area contributed by atoms with Crippen molar-refractivity contribution < 1.29 is 4.79 Å². The van der Waals surface area contributed by atoms with Crippen LogP contribution in [0.3, 0.4) is 0 Å². The molecule has 2 N–H and O–H groups in total. The summed E-state index contributed by atoms with van der Waals surface area (Å²) in [6, 6.07) is 1.96. The predicted molar refractivity (Wildman–Crippen MR) is 71.8 cm³/mol. The van der Waals surface area contributed by atoms with Gasteiger partial charge in [-0.1, -0.05) is 0 Å². The maximum atomic E-state index is 12.2. The van der Waals surface area contributed by atoms with Crippen LogP contribution in [0.15, 0.2) is 17.8 Å².